The highest BCUT2D eigenvalue weighted by atomic mass is 32.2. The fourth-order valence-corrected chi connectivity index (χ4v) is 2.99. The van der Waals surface area contributed by atoms with E-state index in [1.165, 1.54) is 6.07 Å². The second-order valence-corrected chi connectivity index (χ2v) is 7.61. The average molecular weight is 359 g/mol. The normalized spacial score (nSPS) is 15.6. The molecule has 24 heavy (non-hydrogen) atoms. The molecule has 0 bridgehead atoms. The number of ketones is 2. The van der Waals surface area contributed by atoms with Crippen molar-refractivity contribution in [1.82, 2.24) is 0 Å². The second-order valence-electron chi connectivity index (χ2n) is 5.63. The molecule has 1 aromatic rings. The van der Waals surface area contributed by atoms with Gasteiger partial charge in [-0.15, -0.1) is 0 Å². The predicted octanol–water partition coefficient (Wildman–Crippen LogP) is 1.74. The number of benzene rings is 1. The zero-order chi connectivity index (χ0) is 18.2. The standard InChI is InChI=1S/C15H12F3NO4S/c1-24(22,23)11-5-8(12(16)14(18)13(11)17)4-10(20)9(6-19)15(21)7-2-3-7/h5,7,9H,2-4H2,1H3. The van der Waals surface area contributed by atoms with E-state index in [2.05, 4.69) is 0 Å². The summed E-state index contributed by atoms with van der Waals surface area (Å²) in [6.45, 7) is 0. The van der Waals surface area contributed by atoms with Crippen LogP contribution in [0.3, 0.4) is 0 Å². The molecule has 1 atom stereocenters. The smallest absolute Gasteiger partial charge is 0.196 e. The van der Waals surface area contributed by atoms with Crippen molar-refractivity contribution in [1.29, 1.82) is 5.26 Å². The Labute approximate surface area is 136 Å². The third kappa shape index (κ3) is 3.48. The van der Waals surface area contributed by atoms with Crippen molar-refractivity contribution in [3.63, 3.8) is 0 Å². The van der Waals surface area contributed by atoms with E-state index in [1.807, 2.05) is 0 Å². The third-order valence-electron chi connectivity index (χ3n) is 3.67. The highest BCUT2D eigenvalue weighted by molar-refractivity contribution is 7.90. The van der Waals surface area contributed by atoms with Crippen LogP contribution in [0.4, 0.5) is 13.2 Å². The molecule has 0 N–H and O–H groups in total. The van der Waals surface area contributed by atoms with Crippen LogP contribution in [-0.4, -0.2) is 26.2 Å². The van der Waals surface area contributed by atoms with Crippen LogP contribution in [0.1, 0.15) is 18.4 Å². The lowest BCUT2D eigenvalue weighted by atomic mass is 9.93. The summed E-state index contributed by atoms with van der Waals surface area (Å²) in [6.07, 6.45) is 0.829. The van der Waals surface area contributed by atoms with E-state index in [0.29, 0.717) is 25.2 Å². The van der Waals surface area contributed by atoms with Gasteiger partial charge in [0.2, 0.25) is 0 Å². The SMILES string of the molecule is CS(=O)(=O)c1cc(CC(=O)C(C#N)C(=O)C2CC2)c(F)c(F)c1F. The quantitative estimate of drug-likeness (QED) is 0.438. The number of carbonyl (C=O) groups is 2. The first kappa shape index (κ1) is 18.1. The fourth-order valence-electron chi connectivity index (χ4n) is 2.22. The summed E-state index contributed by atoms with van der Waals surface area (Å²) in [5.41, 5.74) is -0.719. The molecule has 1 aliphatic rings. The van der Waals surface area contributed by atoms with Gasteiger partial charge in [-0.05, 0) is 24.5 Å². The molecule has 1 aliphatic carbocycles. The summed E-state index contributed by atoms with van der Waals surface area (Å²) >= 11 is 0. The highest BCUT2D eigenvalue weighted by Gasteiger charge is 2.38. The molecule has 128 valence electrons. The summed E-state index contributed by atoms with van der Waals surface area (Å²) in [7, 11) is -4.20. The van der Waals surface area contributed by atoms with Gasteiger partial charge in [0.1, 0.15) is 4.90 Å². The first-order valence-electron chi connectivity index (χ1n) is 6.90. The van der Waals surface area contributed by atoms with Gasteiger partial charge in [-0.1, -0.05) is 0 Å². The van der Waals surface area contributed by atoms with Crippen molar-refractivity contribution in [3.8, 4) is 6.07 Å². The number of rotatable bonds is 6. The third-order valence-corrected chi connectivity index (χ3v) is 4.76. The van der Waals surface area contributed by atoms with Gasteiger partial charge < -0.3 is 0 Å². The molecule has 0 spiro atoms. The number of hydrogen-bond donors (Lipinski definition) is 0. The van der Waals surface area contributed by atoms with Crippen molar-refractivity contribution in [2.75, 3.05) is 6.26 Å². The van der Waals surface area contributed by atoms with Gasteiger partial charge in [0, 0.05) is 18.6 Å². The molecule has 0 heterocycles. The van der Waals surface area contributed by atoms with Gasteiger partial charge in [-0.3, -0.25) is 9.59 Å². The van der Waals surface area contributed by atoms with Crippen molar-refractivity contribution in [2.24, 2.45) is 11.8 Å². The zero-order valence-electron chi connectivity index (χ0n) is 12.5. The maximum Gasteiger partial charge on any atom is 0.196 e. The molecule has 0 aliphatic heterocycles. The first-order valence-corrected chi connectivity index (χ1v) is 8.79. The van der Waals surface area contributed by atoms with E-state index in [-0.39, 0.29) is 5.92 Å². The molecule has 0 amide bonds. The van der Waals surface area contributed by atoms with Crippen LogP contribution in [0.25, 0.3) is 0 Å². The second kappa shape index (κ2) is 6.36. The maximum absolute atomic E-state index is 13.8. The van der Waals surface area contributed by atoms with Crippen molar-refractivity contribution >= 4 is 21.4 Å². The molecule has 9 heteroatoms. The Morgan fingerprint density at radius 1 is 1.25 bits per heavy atom. The summed E-state index contributed by atoms with van der Waals surface area (Å²) in [5.74, 6) is -9.22. The van der Waals surface area contributed by atoms with Crippen LogP contribution in [0, 0.1) is 40.6 Å². The molecule has 1 saturated carbocycles. The fraction of sp³-hybridized carbons (Fsp3) is 0.400. The number of hydrogen-bond acceptors (Lipinski definition) is 5. The Morgan fingerprint density at radius 3 is 2.29 bits per heavy atom. The molecule has 1 aromatic carbocycles. The molecule has 5 nitrogen and oxygen atoms in total. The Kier molecular flexibility index (Phi) is 4.80. The minimum atomic E-state index is -4.20. The van der Waals surface area contributed by atoms with Crippen molar-refractivity contribution in [2.45, 2.75) is 24.2 Å². The van der Waals surface area contributed by atoms with Gasteiger partial charge in [0.25, 0.3) is 0 Å². The molecule has 0 saturated heterocycles. The van der Waals surface area contributed by atoms with Crippen molar-refractivity contribution < 1.29 is 31.2 Å². The van der Waals surface area contributed by atoms with E-state index < -0.39 is 61.7 Å². The van der Waals surface area contributed by atoms with Crippen LogP contribution < -0.4 is 0 Å². The Morgan fingerprint density at radius 2 is 1.83 bits per heavy atom. The first-order chi connectivity index (χ1) is 11.1. The van der Waals surface area contributed by atoms with E-state index in [4.69, 9.17) is 5.26 Å². The summed E-state index contributed by atoms with van der Waals surface area (Å²) in [4.78, 5) is 22.8. The van der Waals surface area contributed by atoms with Crippen LogP contribution in [0.15, 0.2) is 11.0 Å². The molecule has 2 rings (SSSR count). The molecule has 0 radical (unpaired) electrons. The topological polar surface area (TPSA) is 92.1 Å². The van der Waals surface area contributed by atoms with Gasteiger partial charge in [-0.25, -0.2) is 21.6 Å². The van der Waals surface area contributed by atoms with Gasteiger partial charge in [-0.2, -0.15) is 5.26 Å². The number of nitriles is 1. The zero-order valence-corrected chi connectivity index (χ0v) is 13.3. The van der Waals surface area contributed by atoms with Crippen LogP contribution in [-0.2, 0) is 25.8 Å². The number of halogens is 3. The summed E-state index contributed by atoms with van der Waals surface area (Å²) < 4.78 is 63.8. The molecular formula is C15H12F3NO4S. The summed E-state index contributed by atoms with van der Waals surface area (Å²) in [6, 6.07) is 2.04. The Bertz CT molecular complexity index is 870. The minimum Gasteiger partial charge on any atom is -0.297 e. The van der Waals surface area contributed by atoms with Gasteiger partial charge in [0.05, 0.1) is 6.07 Å². The minimum absolute atomic E-state index is 0.389. The van der Waals surface area contributed by atoms with E-state index in [0.717, 1.165) is 0 Å². The maximum atomic E-state index is 13.8. The summed E-state index contributed by atoms with van der Waals surface area (Å²) in [5, 5.41) is 8.96. The van der Waals surface area contributed by atoms with Crippen LogP contribution >= 0.6 is 0 Å². The lowest BCUT2D eigenvalue weighted by molar-refractivity contribution is -0.130. The van der Waals surface area contributed by atoms with Crippen LogP contribution in [0.2, 0.25) is 0 Å². The molecule has 1 unspecified atom stereocenters. The van der Waals surface area contributed by atoms with Crippen LogP contribution in [0.5, 0.6) is 0 Å². The largest absolute Gasteiger partial charge is 0.297 e. The molecule has 0 aromatic heterocycles. The Balaban J connectivity index is 2.39. The van der Waals surface area contributed by atoms with E-state index in [1.54, 1.807) is 0 Å². The number of sulfone groups is 1. The number of nitrogens with zero attached hydrogens (tertiary/aromatic N) is 1. The van der Waals surface area contributed by atoms with E-state index >= 15 is 0 Å². The molecule has 1 fully saturated rings. The van der Waals surface area contributed by atoms with E-state index in [9.17, 15) is 31.2 Å². The monoisotopic (exact) mass is 359 g/mol. The number of carbonyl (C=O) groups excluding carboxylic acids is 2. The predicted molar refractivity (Wildman–Crippen MR) is 75.0 cm³/mol. The Hall–Kier alpha value is -2.21. The lowest BCUT2D eigenvalue weighted by Crippen LogP contribution is -2.26. The number of Topliss-reactive ketones (excluding diaryl/α,β-unsaturated/α-hetero) is 2. The van der Waals surface area contributed by atoms with Gasteiger partial charge in [0.15, 0.2) is 44.8 Å². The van der Waals surface area contributed by atoms with Gasteiger partial charge >= 0.3 is 0 Å². The molecular weight excluding hydrogens is 347 g/mol. The van der Waals surface area contributed by atoms with Crippen molar-refractivity contribution in [3.05, 3.63) is 29.1 Å². The highest BCUT2D eigenvalue weighted by Crippen LogP contribution is 2.33. The average Bonchev–Trinajstić information content (AvgIpc) is 3.31. The lowest BCUT2D eigenvalue weighted by Gasteiger charge is -2.10.